The van der Waals surface area contributed by atoms with Gasteiger partial charge in [-0.3, -0.25) is 4.79 Å². The van der Waals surface area contributed by atoms with Crippen LogP contribution in [-0.4, -0.2) is 4.98 Å². The van der Waals surface area contributed by atoms with E-state index in [9.17, 15) is 4.79 Å². The Hall–Kier alpha value is -1.86. The molecular weight excluding hydrogens is 280 g/mol. The number of pyridine rings is 1. The molecule has 1 N–H and O–H groups in total. The van der Waals surface area contributed by atoms with Crippen LogP contribution in [0.1, 0.15) is 11.1 Å². The first-order valence-electron chi connectivity index (χ1n) is 5.02. The summed E-state index contributed by atoms with van der Waals surface area (Å²) in [7, 11) is 0. The maximum atomic E-state index is 11.6. The fourth-order valence-electron chi connectivity index (χ4n) is 1.75. The summed E-state index contributed by atoms with van der Waals surface area (Å²) in [6.45, 7) is 1.87. The van der Waals surface area contributed by atoms with Crippen molar-refractivity contribution in [1.29, 1.82) is 5.26 Å². The second-order valence-electron chi connectivity index (χ2n) is 3.67. The average Bonchev–Trinajstić information content (AvgIpc) is 2.31. The fraction of sp³-hybridized carbons (Fsp3) is 0.0769. The van der Waals surface area contributed by atoms with Crippen LogP contribution in [0.3, 0.4) is 0 Å². The SMILES string of the molecule is Cc1c[nH]c(=O)c(C#N)c1-c1cccc(Br)c1. The molecule has 0 fully saturated rings. The van der Waals surface area contributed by atoms with Gasteiger partial charge in [-0.1, -0.05) is 28.1 Å². The number of nitriles is 1. The third-order valence-corrected chi connectivity index (χ3v) is 3.01. The molecule has 84 valence electrons. The molecule has 2 aromatic rings. The van der Waals surface area contributed by atoms with Gasteiger partial charge in [0.05, 0.1) is 0 Å². The van der Waals surface area contributed by atoms with Crippen molar-refractivity contribution >= 4 is 15.9 Å². The molecule has 0 radical (unpaired) electrons. The first kappa shape index (κ1) is 11.6. The molecule has 0 bridgehead atoms. The zero-order valence-corrected chi connectivity index (χ0v) is 10.7. The van der Waals surface area contributed by atoms with Crippen LogP contribution in [0.15, 0.2) is 39.7 Å². The van der Waals surface area contributed by atoms with Crippen LogP contribution in [0.4, 0.5) is 0 Å². The van der Waals surface area contributed by atoms with E-state index in [0.717, 1.165) is 15.6 Å². The second-order valence-corrected chi connectivity index (χ2v) is 4.59. The van der Waals surface area contributed by atoms with Gasteiger partial charge >= 0.3 is 0 Å². The summed E-state index contributed by atoms with van der Waals surface area (Å²) in [5.41, 5.74) is 2.23. The molecule has 2 rings (SSSR count). The Morgan fingerprint density at radius 1 is 1.41 bits per heavy atom. The van der Waals surface area contributed by atoms with Crippen LogP contribution in [-0.2, 0) is 0 Å². The Morgan fingerprint density at radius 2 is 2.18 bits per heavy atom. The first-order valence-corrected chi connectivity index (χ1v) is 5.81. The lowest BCUT2D eigenvalue weighted by atomic mass is 9.98. The highest BCUT2D eigenvalue weighted by atomic mass is 79.9. The molecule has 0 saturated carbocycles. The van der Waals surface area contributed by atoms with Crippen LogP contribution >= 0.6 is 15.9 Å². The Bertz CT molecular complexity index is 668. The van der Waals surface area contributed by atoms with Crippen LogP contribution in [0.5, 0.6) is 0 Å². The van der Waals surface area contributed by atoms with Crippen LogP contribution in [0.2, 0.25) is 0 Å². The van der Waals surface area contributed by atoms with E-state index in [1.165, 1.54) is 0 Å². The number of rotatable bonds is 1. The fourth-order valence-corrected chi connectivity index (χ4v) is 2.15. The highest BCUT2D eigenvalue weighted by molar-refractivity contribution is 9.10. The summed E-state index contributed by atoms with van der Waals surface area (Å²) in [5.74, 6) is 0. The number of nitrogens with zero attached hydrogens (tertiary/aromatic N) is 1. The monoisotopic (exact) mass is 288 g/mol. The Kier molecular flexibility index (Phi) is 3.12. The zero-order chi connectivity index (χ0) is 12.4. The number of hydrogen-bond acceptors (Lipinski definition) is 2. The van der Waals surface area contributed by atoms with E-state index < -0.39 is 0 Å². The van der Waals surface area contributed by atoms with E-state index in [2.05, 4.69) is 20.9 Å². The molecule has 17 heavy (non-hydrogen) atoms. The number of hydrogen-bond donors (Lipinski definition) is 1. The van der Waals surface area contributed by atoms with Gasteiger partial charge in [0.25, 0.3) is 5.56 Å². The van der Waals surface area contributed by atoms with Gasteiger partial charge < -0.3 is 4.98 Å². The van der Waals surface area contributed by atoms with Crippen molar-refractivity contribution in [2.45, 2.75) is 6.92 Å². The topological polar surface area (TPSA) is 56.6 Å². The van der Waals surface area contributed by atoms with Gasteiger partial charge in [0.15, 0.2) is 0 Å². The lowest BCUT2D eigenvalue weighted by Gasteiger charge is -2.07. The summed E-state index contributed by atoms with van der Waals surface area (Å²) in [6.07, 6.45) is 1.62. The molecule has 0 aliphatic carbocycles. The van der Waals surface area contributed by atoms with E-state index in [1.807, 2.05) is 37.3 Å². The van der Waals surface area contributed by atoms with E-state index in [4.69, 9.17) is 5.26 Å². The molecule has 4 heteroatoms. The zero-order valence-electron chi connectivity index (χ0n) is 9.12. The normalized spacial score (nSPS) is 9.94. The number of aromatic nitrogens is 1. The molecule has 0 atom stereocenters. The van der Waals surface area contributed by atoms with Crippen LogP contribution < -0.4 is 5.56 Å². The number of nitrogens with one attached hydrogen (secondary N) is 1. The molecule has 0 spiro atoms. The summed E-state index contributed by atoms with van der Waals surface area (Å²) in [5, 5.41) is 9.07. The second kappa shape index (κ2) is 4.56. The van der Waals surface area contributed by atoms with Gasteiger partial charge in [-0.25, -0.2) is 0 Å². The lowest BCUT2D eigenvalue weighted by Crippen LogP contribution is -2.12. The summed E-state index contributed by atoms with van der Waals surface area (Å²) >= 11 is 3.38. The van der Waals surface area contributed by atoms with Crippen LogP contribution in [0.25, 0.3) is 11.1 Å². The number of halogens is 1. The number of H-pyrrole nitrogens is 1. The third kappa shape index (κ3) is 2.15. The smallest absolute Gasteiger partial charge is 0.266 e. The van der Waals surface area contributed by atoms with Crippen LogP contribution in [0, 0.1) is 18.3 Å². The Balaban J connectivity index is 2.80. The minimum Gasteiger partial charge on any atom is -0.328 e. The van der Waals surface area contributed by atoms with Gasteiger partial charge in [0.1, 0.15) is 11.6 Å². The molecule has 0 aliphatic rings. The Morgan fingerprint density at radius 3 is 2.82 bits per heavy atom. The van der Waals surface area contributed by atoms with Gasteiger partial charge in [-0.2, -0.15) is 5.26 Å². The van der Waals surface area contributed by atoms with Crippen molar-refractivity contribution in [3.63, 3.8) is 0 Å². The number of aryl methyl sites for hydroxylation is 1. The number of benzene rings is 1. The lowest BCUT2D eigenvalue weighted by molar-refractivity contribution is 1.18. The van der Waals surface area contributed by atoms with Crippen molar-refractivity contribution in [3.05, 3.63) is 56.4 Å². The molecular formula is C13H9BrN2O. The van der Waals surface area contributed by atoms with Crippen molar-refractivity contribution in [3.8, 4) is 17.2 Å². The molecule has 0 saturated heterocycles. The van der Waals surface area contributed by atoms with Crippen molar-refractivity contribution in [2.75, 3.05) is 0 Å². The summed E-state index contributed by atoms with van der Waals surface area (Å²) in [6, 6.07) is 9.51. The molecule has 1 aromatic carbocycles. The van der Waals surface area contributed by atoms with Gasteiger partial charge in [0.2, 0.25) is 0 Å². The standard InChI is InChI=1S/C13H9BrN2O/c1-8-7-16-13(17)11(6-15)12(8)9-3-2-4-10(14)5-9/h2-5,7H,1H3,(H,16,17). The highest BCUT2D eigenvalue weighted by Crippen LogP contribution is 2.26. The van der Waals surface area contributed by atoms with Crippen molar-refractivity contribution < 1.29 is 0 Å². The first-order chi connectivity index (χ1) is 8.13. The molecule has 0 unspecified atom stereocenters. The average molecular weight is 289 g/mol. The van der Waals surface area contributed by atoms with Gasteiger partial charge in [0, 0.05) is 16.2 Å². The molecule has 1 aromatic heterocycles. The van der Waals surface area contributed by atoms with E-state index in [-0.39, 0.29) is 11.1 Å². The maximum absolute atomic E-state index is 11.6. The molecule has 3 nitrogen and oxygen atoms in total. The molecule has 0 amide bonds. The predicted molar refractivity (Wildman–Crippen MR) is 69.7 cm³/mol. The third-order valence-electron chi connectivity index (χ3n) is 2.52. The van der Waals surface area contributed by atoms with Gasteiger partial charge in [-0.15, -0.1) is 0 Å². The minimum absolute atomic E-state index is 0.156. The van der Waals surface area contributed by atoms with Gasteiger partial charge in [-0.05, 0) is 30.2 Å². The minimum atomic E-state index is -0.354. The summed E-state index contributed by atoms with van der Waals surface area (Å²) < 4.78 is 0.915. The maximum Gasteiger partial charge on any atom is 0.266 e. The predicted octanol–water partition coefficient (Wildman–Crippen LogP) is 2.98. The summed E-state index contributed by atoms with van der Waals surface area (Å²) in [4.78, 5) is 14.1. The van der Waals surface area contributed by atoms with E-state index in [0.29, 0.717) is 5.56 Å². The molecule has 0 aliphatic heterocycles. The molecule has 1 heterocycles. The highest BCUT2D eigenvalue weighted by Gasteiger charge is 2.11. The largest absolute Gasteiger partial charge is 0.328 e. The van der Waals surface area contributed by atoms with E-state index >= 15 is 0 Å². The van der Waals surface area contributed by atoms with Crippen molar-refractivity contribution in [2.24, 2.45) is 0 Å². The Labute approximate surface area is 107 Å². The van der Waals surface area contributed by atoms with Crippen molar-refractivity contribution in [1.82, 2.24) is 4.98 Å². The number of aromatic amines is 1. The quantitative estimate of drug-likeness (QED) is 0.877. The van der Waals surface area contributed by atoms with E-state index in [1.54, 1.807) is 6.20 Å².